The highest BCUT2D eigenvalue weighted by atomic mass is 16.5. The van der Waals surface area contributed by atoms with Crippen LogP contribution in [0.25, 0.3) is 0 Å². The number of aryl methyl sites for hydroxylation is 1. The first-order valence-corrected chi connectivity index (χ1v) is 11.9. The lowest BCUT2D eigenvalue weighted by Crippen LogP contribution is -2.28. The Morgan fingerprint density at radius 1 is 0.706 bits per heavy atom. The first-order chi connectivity index (χ1) is 16.4. The number of carbonyl (C=O) groups excluding carboxylic acids is 3. The fourth-order valence-corrected chi connectivity index (χ4v) is 2.65. The lowest BCUT2D eigenvalue weighted by molar-refractivity contribution is -0.124. The lowest BCUT2D eigenvalue weighted by Gasteiger charge is -2.09. The fourth-order valence-electron chi connectivity index (χ4n) is 2.65. The van der Waals surface area contributed by atoms with Crippen LogP contribution in [0.2, 0.25) is 0 Å². The van der Waals surface area contributed by atoms with Crippen LogP contribution in [0, 0.1) is 12.8 Å². The van der Waals surface area contributed by atoms with Crippen LogP contribution in [0.3, 0.4) is 0 Å². The average molecular weight is 481 g/mol. The molecule has 2 amide bonds. The minimum atomic E-state index is -0.108. The van der Waals surface area contributed by atoms with Gasteiger partial charge in [-0.1, -0.05) is 31.5 Å². The Labute approximate surface area is 202 Å². The molecule has 2 N–H and O–H groups in total. The normalized spacial score (nSPS) is 10.9. The maximum absolute atomic E-state index is 11.8. The van der Waals surface area contributed by atoms with E-state index in [9.17, 15) is 14.4 Å². The summed E-state index contributed by atoms with van der Waals surface area (Å²) >= 11 is 0. The molecule has 192 valence electrons. The molecule has 0 radical (unpaired) electrons. The number of rotatable bonds is 20. The van der Waals surface area contributed by atoms with Gasteiger partial charge in [0.05, 0.1) is 59.3 Å². The van der Waals surface area contributed by atoms with Gasteiger partial charge in [-0.3, -0.25) is 14.4 Å². The lowest BCUT2D eigenvalue weighted by atomic mass is 10.1. The molecule has 0 fully saturated rings. The molecule has 0 aliphatic carbocycles. The smallest absolute Gasteiger partial charge is 0.226 e. The summed E-state index contributed by atoms with van der Waals surface area (Å²) in [7, 11) is 0. The molecule has 0 spiro atoms. The number of anilines is 1. The number of carbonyl (C=O) groups is 3. The molecule has 1 rings (SSSR count). The van der Waals surface area contributed by atoms with Crippen LogP contribution in [0.1, 0.15) is 38.7 Å². The van der Waals surface area contributed by atoms with Gasteiger partial charge in [0, 0.05) is 31.0 Å². The molecule has 0 unspecified atom stereocenters. The van der Waals surface area contributed by atoms with Gasteiger partial charge in [0.25, 0.3) is 0 Å². The zero-order valence-corrected chi connectivity index (χ0v) is 20.7. The summed E-state index contributed by atoms with van der Waals surface area (Å²) < 4.78 is 21.5. The monoisotopic (exact) mass is 480 g/mol. The van der Waals surface area contributed by atoms with Gasteiger partial charge in [-0.25, -0.2) is 0 Å². The molecule has 0 aliphatic rings. The maximum atomic E-state index is 11.8. The van der Waals surface area contributed by atoms with Crippen LogP contribution in [0.15, 0.2) is 24.3 Å². The fraction of sp³-hybridized carbons (Fsp3) is 0.640. The molecular formula is C25H40N2O7. The number of nitrogens with one attached hydrogen (secondary N) is 2. The van der Waals surface area contributed by atoms with E-state index >= 15 is 0 Å². The molecule has 0 saturated carbocycles. The highest BCUT2D eigenvalue weighted by Gasteiger charge is 2.06. The first kappa shape index (κ1) is 29.7. The number of hydrogen-bond donors (Lipinski definition) is 2. The van der Waals surface area contributed by atoms with E-state index in [4.69, 9.17) is 18.9 Å². The summed E-state index contributed by atoms with van der Waals surface area (Å²) in [5.41, 5.74) is 1.91. The molecule has 9 heteroatoms. The summed E-state index contributed by atoms with van der Waals surface area (Å²) in [5.74, 6) is 0.0180. The van der Waals surface area contributed by atoms with Crippen LogP contribution in [-0.4, -0.2) is 77.0 Å². The standard InChI is InChI=1S/C25H40N2O7/c1-20(2)23(28)8-12-31-16-17-32-13-9-24(29)26-11-15-34-19-18-33-14-10-25(30)27-22-6-4-21(3)5-7-22/h4-7,20H,8-19H2,1-3H3,(H,26,29)(H,27,30). The van der Waals surface area contributed by atoms with Crippen LogP contribution < -0.4 is 10.6 Å². The predicted molar refractivity (Wildman–Crippen MR) is 130 cm³/mol. The Hall–Kier alpha value is -2.33. The van der Waals surface area contributed by atoms with E-state index in [0.29, 0.717) is 65.8 Å². The van der Waals surface area contributed by atoms with E-state index in [0.717, 1.165) is 11.3 Å². The van der Waals surface area contributed by atoms with Gasteiger partial charge < -0.3 is 29.6 Å². The second kappa shape index (κ2) is 19.0. The highest BCUT2D eigenvalue weighted by molar-refractivity contribution is 5.90. The third kappa shape index (κ3) is 16.3. The van der Waals surface area contributed by atoms with E-state index in [-0.39, 0.29) is 36.4 Å². The molecule has 0 aliphatic heterocycles. The summed E-state index contributed by atoms with van der Waals surface area (Å²) in [6.07, 6.45) is 0.954. The van der Waals surface area contributed by atoms with Crippen molar-refractivity contribution in [2.24, 2.45) is 5.92 Å². The first-order valence-electron chi connectivity index (χ1n) is 11.9. The second-order valence-corrected chi connectivity index (χ2v) is 8.08. The van der Waals surface area contributed by atoms with Gasteiger partial charge in [0.1, 0.15) is 5.78 Å². The Bertz CT molecular complexity index is 708. The molecule has 1 aromatic rings. The van der Waals surface area contributed by atoms with E-state index in [1.54, 1.807) is 0 Å². The van der Waals surface area contributed by atoms with Gasteiger partial charge in [-0.2, -0.15) is 0 Å². The molecule has 0 aromatic heterocycles. The van der Waals surface area contributed by atoms with Crippen molar-refractivity contribution in [3.8, 4) is 0 Å². The third-order valence-corrected chi connectivity index (χ3v) is 4.73. The van der Waals surface area contributed by atoms with Crippen molar-refractivity contribution in [3.05, 3.63) is 29.8 Å². The number of ketones is 1. The Kier molecular flexibility index (Phi) is 16.6. The van der Waals surface area contributed by atoms with Gasteiger partial charge in [0.2, 0.25) is 11.8 Å². The highest BCUT2D eigenvalue weighted by Crippen LogP contribution is 2.08. The van der Waals surface area contributed by atoms with E-state index in [1.807, 2.05) is 45.0 Å². The average Bonchev–Trinajstić information content (AvgIpc) is 2.80. The summed E-state index contributed by atoms with van der Waals surface area (Å²) in [4.78, 5) is 35.0. The molecule has 34 heavy (non-hydrogen) atoms. The quantitative estimate of drug-likeness (QED) is 0.276. The van der Waals surface area contributed by atoms with Crippen molar-refractivity contribution in [1.29, 1.82) is 0 Å². The third-order valence-electron chi connectivity index (χ3n) is 4.73. The summed E-state index contributed by atoms with van der Waals surface area (Å²) in [5, 5.41) is 5.57. The van der Waals surface area contributed by atoms with Crippen molar-refractivity contribution in [3.63, 3.8) is 0 Å². The van der Waals surface area contributed by atoms with Crippen LogP contribution in [0.4, 0.5) is 5.69 Å². The minimum absolute atomic E-state index is 0.0340. The Morgan fingerprint density at radius 2 is 1.21 bits per heavy atom. The summed E-state index contributed by atoms with van der Waals surface area (Å²) in [6, 6.07) is 7.62. The van der Waals surface area contributed by atoms with E-state index in [1.165, 1.54) is 0 Å². The largest absolute Gasteiger partial charge is 0.379 e. The molecule has 0 bridgehead atoms. The van der Waals surface area contributed by atoms with Crippen molar-refractivity contribution in [2.75, 3.05) is 64.7 Å². The molecular weight excluding hydrogens is 440 g/mol. The number of benzene rings is 1. The van der Waals surface area contributed by atoms with Crippen molar-refractivity contribution in [1.82, 2.24) is 5.32 Å². The minimum Gasteiger partial charge on any atom is -0.379 e. The molecule has 9 nitrogen and oxygen atoms in total. The van der Waals surface area contributed by atoms with Crippen molar-refractivity contribution in [2.45, 2.75) is 40.0 Å². The SMILES string of the molecule is Cc1ccc(NC(=O)CCOCCOCCNC(=O)CCOCCOCCC(=O)C(C)C)cc1. The van der Waals surface area contributed by atoms with E-state index in [2.05, 4.69) is 10.6 Å². The number of ether oxygens (including phenoxy) is 4. The maximum Gasteiger partial charge on any atom is 0.226 e. The molecule has 0 heterocycles. The van der Waals surface area contributed by atoms with Crippen LogP contribution >= 0.6 is 0 Å². The Morgan fingerprint density at radius 3 is 1.76 bits per heavy atom. The van der Waals surface area contributed by atoms with Gasteiger partial charge >= 0.3 is 0 Å². The Balaban J connectivity index is 1.84. The molecule has 1 aromatic carbocycles. The zero-order valence-electron chi connectivity index (χ0n) is 20.7. The van der Waals surface area contributed by atoms with Gasteiger partial charge in [0.15, 0.2) is 0 Å². The van der Waals surface area contributed by atoms with Crippen molar-refractivity contribution >= 4 is 23.3 Å². The van der Waals surface area contributed by atoms with Gasteiger partial charge in [-0.15, -0.1) is 0 Å². The van der Waals surface area contributed by atoms with Gasteiger partial charge in [-0.05, 0) is 19.1 Å². The molecule has 0 saturated heterocycles. The van der Waals surface area contributed by atoms with E-state index < -0.39 is 0 Å². The predicted octanol–water partition coefficient (Wildman–Crippen LogP) is 2.51. The molecule has 0 atom stereocenters. The number of hydrogen-bond acceptors (Lipinski definition) is 7. The summed E-state index contributed by atoms with van der Waals surface area (Å²) in [6.45, 7) is 9.12. The number of amides is 2. The van der Waals surface area contributed by atoms with Crippen LogP contribution in [-0.2, 0) is 33.3 Å². The number of Topliss-reactive ketones (excluding diaryl/α,β-unsaturated/α-hetero) is 1. The topological polar surface area (TPSA) is 112 Å². The van der Waals surface area contributed by atoms with Crippen molar-refractivity contribution < 1.29 is 33.3 Å². The zero-order chi connectivity index (χ0) is 25.0. The second-order valence-electron chi connectivity index (χ2n) is 8.08. The van der Waals surface area contributed by atoms with Crippen LogP contribution in [0.5, 0.6) is 0 Å².